The number of carboxylic acids is 1. The molecule has 2 saturated carbocycles. The average molecular weight is 581 g/mol. The van der Waals surface area contributed by atoms with Crippen LogP contribution in [0.3, 0.4) is 0 Å². The highest BCUT2D eigenvalue weighted by molar-refractivity contribution is 5.67. The van der Waals surface area contributed by atoms with Crippen LogP contribution in [0, 0.1) is 11.3 Å². The third-order valence-corrected chi connectivity index (χ3v) is 8.85. The number of aliphatic hydroxyl groups is 1. The van der Waals surface area contributed by atoms with Crippen LogP contribution in [-0.2, 0) is 34.9 Å². The number of phenols is 1. The summed E-state index contributed by atoms with van der Waals surface area (Å²) in [5.74, 6) is 0.510. The molecule has 0 radical (unpaired) electrons. The molecule has 4 unspecified atom stereocenters. The van der Waals surface area contributed by atoms with Gasteiger partial charge in [-0.05, 0) is 91.9 Å². The Kier molecular flexibility index (Phi) is 15.4. The van der Waals surface area contributed by atoms with E-state index in [0.717, 1.165) is 70.8 Å². The summed E-state index contributed by atoms with van der Waals surface area (Å²) in [5.41, 5.74) is 2.80. The lowest BCUT2D eigenvalue weighted by Crippen LogP contribution is -2.37. The molecule has 4 atom stereocenters. The summed E-state index contributed by atoms with van der Waals surface area (Å²) >= 11 is 0. The number of hydrogen-bond acceptors (Lipinski definition) is 8. The second kappa shape index (κ2) is 18.7. The van der Waals surface area contributed by atoms with E-state index in [1.807, 2.05) is 12.1 Å². The first kappa shape index (κ1) is 33.7. The van der Waals surface area contributed by atoms with E-state index >= 15 is 0 Å². The van der Waals surface area contributed by atoms with E-state index in [0.29, 0.717) is 63.8 Å². The summed E-state index contributed by atoms with van der Waals surface area (Å²) in [6, 6.07) is 5.95. The molecule has 0 saturated heterocycles. The van der Waals surface area contributed by atoms with Gasteiger partial charge in [-0.1, -0.05) is 25.8 Å². The number of carboxylic acid groups (broad SMARTS) is 1. The molecule has 0 aromatic heterocycles. The molecule has 3 N–H and O–H groups in total. The lowest BCUT2D eigenvalue weighted by atomic mass is 9.63. The van der Waals surface area contributed by atoms with Crippen LogP contribution in [0.1, 0.15) is 81.8 Å². The molecule has 3 rings (SSSR count). The predicted molar refractivity (Wildman–Crippen MR) is 155 cm³/mol. The van der Waals surface area contributed by atoms with Crippen LogP contribution in [0.25, 0.3) is 0 Å². The van der Waals surface area contributed by atoms with Crippen LogP contribution in [0.2, 0.25) is 0 Å². The van der Waals surface area contributed by atoms with Gasteiger partial charge < -0.3 is 39.0 Å². The number of hydrogen-bond donors (Lipinski definition) is 3. The maximum Gasteiger partial charge on any atom is 0.329 e. The van der Waals surface area contributed by atoms with Crippen molar-refractivity contribution in [3.63, 3.8) is 0 Å². The number of aromatic hydroxyl groups is 1. The van der Waals surface area contributed by atoms with Gasteiger partial charge in [0.25, 0.3) is 0 Å². The first-order valence-corrected chi connectivity index (χ1v) is 15.5. The molecule has 0 bridgehead atoms. The highest BCUT2D eigenvalue weighted by Gasteiger charge is 2.49. The molecule has 41 heavy (non-hydrogen) atoms. The number of carbonyl (C=O) groups is 1. The molecule has 2 aliphatic rings. The van der Waals surface area contributed by atoms with Crippen LogP contribution in [0.4, 0.5) is 0 Å². The minimum atomic E-state index is -0.986. The molecule has 9 heteroatoms. The van der Waals surface area contributed by atoms with Crippen molar-refractivity contribution >= 4 is 5.97 Å². The fraction of sp³-hybridized carbons (Fsp3) is 0.781. The van der Waals surface area contributed by atoms with Crippen LogP contribution >= 0.6 is 0 Å². The third kappa shape index (κ3) is 11.8. The monoisotopic (exact) mass is 580 g/mol. The second-order valence-electron chi connectivity index (χ2n) is 11.7. The number of fused-ring (bicyclic) bond motifs is 1. The molecule has 0 heterocycles. The standard InChI is InChI=1S/C32H52O9/c1-32-12-11-26(22-27(32)7-10-30(32)34)29-9-8-28(33)23-25(29)6-4-2-3-5-13-37-14-15-38-16-17-39-18-19-40-20-21-41-24-31(35)36/h8-9,23,26-27,30,33-34H,2-7,10-22,24H2,1H3,(H,35,36). The van der Waals surface area contributed by atoms with Gasteiger partial charge in [-0.3, -0.25) is 0 Å². The predicted octanol–water partition coefficient (Wildman–Crippen LogP) is 4.71. The van der Waals surface area contributed by atoms with Gasteiger partial charge in [-0.15, -0.1) is 0 Å². The number of benzene rings is 1. The largest absolute Gasteiger partial charge is 0.508 e. The number of aliphatic hydroxyl groups excluding tert-OH is 1. The minimum Gasteiger partial charge on any atom is -0.508 e. The average Bonchev–Trinajstić information content (AvgIpc) is 3.25. The molecule has 9 nitrogen and oxygen atoms in total. The van der Waals surface area contributed by atoms with Crippen LogP contribution < -0.4 is 0 Å². The van der Waals surface area contributed by atoms with Crippen molar-refractivity contribution in [3.05, 3.63) is 29.3 Å². The van der Waals surface area contributed by atoms with E-state index in [1.165, 1.54) is 11.1 Å². The number of ether oxygens (including phenoxy) is 5. The Morgan fingerprint density at radius 2 is 1.44 bits per heavy atom. The summed E-state index contributed by atoms with van der Waals surface area (Å²) < 4.78 is 26.8. The molecule has 0 amide bonds. The van der Waals surface area contributed by atoms with Crippen LogP contribution in [0.15, 0.2) is 18.2 Å². The number of aryl methyl sites for hydroxylation is 1. The first-order valence-electron chi connectivity index (χ1n) is 15.5. The summed E-state index contributed by atoms with van der Waals surface area (Å²) in [4.78, 5) is 10.3. The molecule has 1 aromatic rings. The fourth-order valence-electron chi connectivity index (χ4n) is 6.40. The number of unbranched alkanes of at least 4 members (excludes halogenated alkanes) is 3. The highest BCUT2D eigenvalue weighted by atomic mass is 16.6. The SMILES string of the molecule is CC12CCC(c3ccc(O)cc3CCCCCCOCCOCCOCCOCCOCC(=O)O)CC1CCC2O. The Balaban J connectivity index is 1.15. The van der Waals surface area contributed by atoms with Crippen molar-refractivity contribution in [2.45, 2.75) is 83.2 Å². The molecule has 2 fully saturated rings. The van der Waals surface area contributed by atoms with Crippen LogP contribution in [-0.4, -0.2) is 93.5 Å². The Hall–Kier alpha value is -1.75. The zero-order valence-corrected chi connectivity index (χ0v) is 24.9. The van der Waals surface area contributed by atoms with Gasteiger partial charge >= 0.3 is 5.97 Å². The Morgan fingerprint density at radius 3 is 2.10 bits per heavy atom. The molecule has 0 aliphatic heterocycles. The first-order chi connectivity index (χ1) is 19.9. The van der Waals surface area contributed by atoms with Crippen molar-refractivity contribution in [2.24, 2.45) is 11.3 Å². The topological polar surface area (TPSA) is 124 Å². The van der Waals surface area contributed by atoms with E-state index < -0.39 is 5.97 Å². The maximum atomic E-state index is 10.5. The number of rotatable bonds is 22. The zero-order valence-electron chi connectivity index (χ0n) is 24.9. The van der Waals surface area contributed by atoms with Gasteiger partial charge in [0.05, 0.1) is 59.0 Å². The maximum absolute atomic E-state index is 10.5. The normalized spacial score (nSPS) is 24.0. The van der Waals surface area contributed by atoms with E-state index in [9.17, 15) is 15.0 Å². The van der Waals surface area contributed by atoms with Crippen molar-refractivity contribution in [1.29, 1.82) is 0 Å². The van der Waals surface area contributed by atoms with E-state index in [1.54, 1.807) is 0 Å². The quantitative estimate of drug-likeness (QED) is 0.167. The second-order valence-corrected chi connectivity index (χ2v) is 11.7. The lowest BCUT2D eigenvalue weighted by Gasteiger charge is -2.42. The van der Waals surface area contributed by atoms with Gasteiger partial charge in [0, 0.05) is 6.61 Å². The fourth-order valence-corrected chi connectivity index (χ4v) is 6.40. The molecular formula is C32H52O9. The van der Waals surface area contributed by atoms with Crippen molar-refractivity contribution in [1.82, 2.24) is 0 Å². The van der Waals surface area contributed by atoms with Crippen molar-refractivity contribution in [2.75, 3.05) is 66.1 Å². The molecule has 2 aliphatic carbocycles. The van der Waals surface area contributed by atoms with E-state index in [-0.39, 0.29) is 24.7 Å². The van der Waals surface area contributed by atoms with Gasteiger partial charge in [-0.2, -0.15) is 0 Å². The van der Waals surface area contributed by atoms with Gasteiger partial charge in [0.15, 0.2) is 0 Å². The molecule has 0 spiro atoms. The smallest absolute Gasteiger partial charge is 0.329 e. The molecule has 1 aromatic carbocycles. The van der Waals surface area contributed by atoms with Gasteiger partial charge in [0.1, 0.15) is 12.4 Å². The van der Waals surface area contributed by atoms with Crippen LogP contribution in [0.5, 0.6) is 5.75 Å². The zero-order chi connectivity index (χ0) is 29.3. The van der Waals surface area contributed by atoms with E-state index in [4.69, 9.17) is 28.8 Å². The van der Waals surface area contributed by atoms with Crippen molar-refractivity contribution < 1.29 is 43.8 Å². The minimum absolute atomic E-state index is 0.0940. The molecular weight excluding hydrogens is 528 g/mol. The summed E-state index contributed by atoms with van der Waals surface area (Å²) in [6.07, 6.45) is 10.7. The Morgan fingerprint density at radius 1 is 0.829 bits per heavy atom. The summed E-state index contributed by atoms with van der Waals surface area (Å²) in [5, 5.41) is 29.1. The third-order valence-electron chi connectivity index (χ3n) is 8.85. The number of phenolic OH excluding ortho intramolecular Hbond substituents is 1. The summed E-state index contributed by atoms with van der Waals surface area (Å²) in [7, 11) is 0. The Labute approximate surface area is 245 Å². The highest BCUT2D eigenvalue weighted by Crippen LogP contribution is 2.55. The summed E-state index contributed by atoms with van der Waals surface area (Å²) in [6.45, 7) is 6.30. The van der Waals surface area contributed by atoms with Gasteiger partial charge in [-0.25, -0.2) is 4.79 Å². The van der Waals surface area contributed by atoms with E-state index in [2.05, 4.69) is 13.0 Å². The van der Waals surface area contributed by atoms with Crippen molar-refractivity contribution in [3.8, 4) is 5.75 Å². The number of aliphatic carboxylic acids is 1. The lowest BCUT2D eigenvalue weighted by molar-refractivity contribution is -0.142. The Bertz CT molecular complexity index is 879. The molecule has 234 valence electrons. The van der Waals surface area contributed by atoms with Gasteiger partial charge in [0.2, 0.25) is 0 Å².